The van der Waals surface area contributed by atoms with Crippen LogP contribution in [0.4, 0.5) is 22.0 Å². The van der Waals surface area contributed by atoms with Crippen LogP contribution in [0.1, 0.15) is 49.8 Å². The molecule has 1 aliphatic carbocycles. The molecule has 0 radical (unpaired) electrons. The van der Waals surface area contributed by atoms with Crippen LogP contribution in [0.25, 0.3) is 0 Å². The van der Waals surface area contributed by atoms with Crippen molar-refractivity contribution in [2.45, 2.75) is 38.5 Å². The Kier molecular flexibility index (Phi) is 5.47. The van der Waals surface area contributed by atoms with Crippen LogP contribution in [-0.2, 0) is 10.2 Å². The maximum absolute atomic E-state index is 13.6. The van der Waals surface area contributed by atoms with Crippen LogP contribution in [-0.4, -0.2) is 12.1 Å². The zero-order valence-corrected chi connectivity index (χ0v) is 16.0. The molecule has 3 rings (SSSR count). The van der Waals surface area contributed by atoms with E-state index in [-0.39, 0.29) is 17.3 Å². The average molecular weight is 410 g/mol. The lowest BCUT2D eigenvalue weighted by Gasteiger charge is -2.19. The third kappa shape index (κ3) is 4.16. The van der Waals surface area contributed by atoms with Crippen molar-refractivity contribution in [1.29, 1.82) is 0 Å². The van der Waals surface area contributed by atoms with E-state index in [1.165, 1.54) is 0 Å². The Morgan fingerprint density at radius 1 is 0.966 bits per heavy atom. The Hall–Kier alpha value is -2.77. The summed E-state index contributed by atoms with van der Waals surface area (Å²) in [6, 6.07) is 7.92. The van der Waals surface area contributed by atoms with Crippen LogP contribution >= 0.6 is 0 Å². The van der Waals surface area contributed by atoms with Crippen LogP contribution in [0, 0.1) is 35.0 Å². The van der Waals surface area contributed by atoms with Crippen molar-refractivity contribution in [3.63, 3.8) is 0 Å². The van der Waals surface area contributed by atoms with Gasteiger partial charge in [-0.25, -0.2) is 27.4 Å². The van der Waals surface area contributed by atoms with Gasteiger partial charge < -0.3 is 0 Å². The van der Waals surface area contributed by atoms with Gasteiger partial charge in [0, 0.05) is 5.92 Å². The molecule has 1 aliphatic rings. The van der Waals surface area contributed by atoms with Gasteiger partial charge in [-0.3, -0.25) is 4.79 Å². The van der Waals surface area contributed by atoms with Crippen molar-refractivity contribution in [3.05, 3.63) is 70.0 Å². The number of hydrazone groups is 1. The molecule has 0 saturated heterocycles. The summed E-state index contributed by atoms with van der Waals surface area (Å²) in [6.45, 7) is 6.29. The smallest absolute Gasteiger partial charge is 0.243 e. The molecule has 0 aromatic heterocycles. The van der Waals surface area contributed by atoms with E-state index in [1.807, 2.05) is 24.3 Å². The first-order valence-electron chi connectivity index (χ1n) is 8.97. The summed E-state index contributed by atoms with van der Waals surface area (Å²) in [6.07, 6.45) is 0.989. The van der Waals surface area contributed by atoms with Crippen LogP contribution in [0.15, 0.2) is 29.4 Å². The van der Waals surface area contributed by atoms with Gasteiger partial charge >= 0.3 is 0 Å². The van der Waals surface area contributed by atoms with Gasteiger partial charge in [-0.1, -0.05) is 45.0 Å². The standard InChI is InChI=1S/C21H19F5N2O/c1-21(2,3)11-6-4-10(5-7-11)12-8-13(12)20(29)28-27-9-14-15(22)17(24)19(26)18(25)16(14)23/h4-7,9,12-13H,8H2,1-3H3,(H,28,29)/b27-9+/t12-,13+/m0/s1. The first kappa shape index (κ1) is 21.0. The zero-order valence-electron chi connectivity index (χ0n) is 16.0. The Morgan fingerprint density at radius 2 is 1.48 bits per heavy atom. The Labute approximate surface area is 164 Å². The Morgan fingerprint density at radius 3 is 2.00 bits per heavy atom. The van der Waals surface area contributed by atoms with E-state index in [2.05, 4.69) is 31.3 Å². The molecule has 0 heterocycles. The highest BCUT2D eigenvalue weighted by Gasteiger charge is 2.44. The fourth-order valence-electron chi connectivity index (χ4n) is 3.06. The highest BCUT2D eigenvalue weighted by atomic mass is 19.2. The van der Waals surface area contributed by atoms with E-state index in [4.69, 9.17) is 0 Å². The third-order valence-electron chi connectivity index (χ3n) is 4.94. The summed E-state index contributed by atoms with van der Waals surface area (Å²) in [4.78, 5) is 12.1. The predicted octanol–water partition coefficient (Wildman–Crippen LogP) is 4.93. The van der Waals surface area contributed by atoms with E-state index >= 15 is 0 Å². The number of rotatable bonds is 4. The molecule has 154 valence electrons. The molecular formula is C21H19F5N2O. The molecular weight excluding hydrogens is 391 g/mol. The fraction of sp³-hybridized carbons (Fsp3) is 0.333. The monoisotopic (exact) mass is 410 g/mol. The largest absolute Gasteiger partial charge is 0.273 e. The lowest BCUT2D eigenvalue weighted by molar-refractivity contribution is -0.122. The molecule has 0 spiro atoms. The molecule has 0 aliphatic heterocycles. The zero-order chi connectivity index (χ0) is 21.5. The Balaban J connectivity index is 1.65. The van der Waals surface area contributed by atoms with Crippen molar-refractivity contribution < 1.29 is 26.7 Å². The summed E-state index contributed by atoms with van der Waals surface area (Å²) in [5, 5.41) is 3.35. The van der Waals surface area contributed by atoms with Gasteiger partial charge in [-0.05, 0) is 28.9 Å². The van der Waals surface area contributed by atoms with Crippen molar-refractivity contribution in [1.82, 2.24) is 5.43 Å². The topological polar surface area (TPSA) is 41.5 Å². The van der Waals surface area contributed by atoms with E-state index in [1.54, 1.807) is 0 Å². The highest BCUT2D eigenvalue weighted by Crippen LogP contribution is 2.47. The quantitative estimate of drug-likeness (QED) is 0.251. The molecule has 3 nitrogen and oxygen atoms in total. The summed E-state index contributed by atoms with van der Waals surface area (Å²) >= 11 is 0. The molecule has 1 amide bonds. The molecule has 0 unspecified atom stereocenters. The van der Waals surface area contributed by atoms with Gasteiger partial charge in [0.1, 0.15) is 0 Å². The number of nitrogens with one attached hydrogen (secondary N) is 1. The van der Waals surface area contributed by atoms with Crippen molar-refractivity contribution in [2.75, 3.05) is 0 Å². The second-order valence-corrected chi connectivity index (χ2v) is 8.04. The second kappa shape index (κ2) is 7.57. The highest BCUT2D eigenvalue weighted by molar-refractivity contribution is 5.85. The molecule has 2 atom stereocenters. The summed E-state index contributed by atoms with van der Waals surface area (Å²) < 4.78 is 66.5. The Bertz CT molecular complexity index is 951. The first-order valence-corrected chi connectivity index (χ1v) is 8.97. The molecule has 1 fully saturated rings. The van der Waals surface area contributed by atoms with Crippen LogP contribution in [0.2, 0.25) is 0 Å². The maximum Gasteiger partial charge on any atom is 0.243 e. The SMILES string of the molecule is CC(C)(C)c1ccc([C@@H]2C[C@H]2C(=O)N/N=C/c2c(F)c(F)c(F)c(F)c2F)cc1. The van der Waals surface area contributed by atoms with Crippen molar-refractivity contribution >= 4 is 12.1 Å². The number of carbonyl (C=O) groups is 1. The van der Waals surface area contributed by atoms with Gasteiger partial charge in [0.2, 0.25) is 11.7 Å². The minimum absolute atomic E-state index is 0.00611. The number of benzene rings is 2. The number of carbonyl (C=O) groups excluding carboxylic acids is 1. The summed E-state index contributed by atoms with van der Waals surface area (Å²) in [5.74, 6) is -11.3. The predicted molar refractivity (Wildman–Crippen MR) is 98.0 cm³/mol. The minimum atomic E-state index is -2.25. The van der Waals surface area contributed by atoms with Gasteiger partial charge in [-0.2, -0.15) is 5.10 Å². The minimum Gasteiger partial charge on any atom is -0.273 e. The normalized spacial score (nSPS) is 18.9. The lowest BCUT2D eigenvalue weighted by atomic mass is 9.86. The van der Waals surface area contributed by atoms with Crippen molar-refractivity contribution in [2.24, 2.45) is 11.0 Å². The molecule has 1 saturated carbocycles. The first-order chi connectivity index (χ1) is 13.5. The van der Waals surface area contributed by atoms with Gasteiger partial charge in [-0.15, -0.1) is 0 Å². The maximum atomic E-state index is 13.6. The number of amides is 1. The molecule has 1 N–H and O–H groups in total. The summed E-state index contributed by atoms with van der Waals surface area (Å²) in [7, 11) is 0. The number of nitrogens with zero attached hydrogens (tertiary/aromatic N) is 1. The second-order valence-electron chi connectivity index (χ2n) is 8.04. The molecule has 29 heavy (non-hydrogen) atoms. The van der Waals surface area contributed by atoms with Crippen molar-refractivity contribution in [3.8, 4) is 0 Å². The van der Waals surface area contributed by atoms with E-state index in [0.29, 0.717) is 12.6 Å². The van der Waals surface area contributed by atoms with Crippen LogP contribution in [0.3, 0.4) is 0 Å². The average Bonchev–Trinajstić information content (AvgIpc) is 3.48. The lowest BCUT2D eigenvalue weighted by Crippen LogP contribution is -2.20. The van der Waals surface area contributed by atoms with Gasteiger partial charge in [0.15, 0.2) is 23.3 Å². The number of halogens is 5. The van der Waals surface area contributed by atoms with Gasteiger partial charge in [0.05, 0.1) is 11.8 Å². The number of hydrogen-bond acceptors (Lipinski definition) is 2. The van der Waals surface area contributed by atoms with E-state index < -0.39 is 40.6 Å². The van der Waals surface area contributed by atoms with E-state index in [9.17, 15) is 26.7 Å². The molecule has 2 aromatic rings. The van der Waals surface area contributed by atoms with E-state index in [0.717, 1.165) is 11.1 Å². The summed E-state index contributed by atoms with van der Waals surface area (Å²) in [5.41, 5.74) is 3.04. The third-order valence-corrected chi connectivity index (χ3v) is 4.94. The van der Waals surface area contributed by atoms with Crippen LogP contribution < -0.4 is 5.43 Å². The molecule has 8 heteroatoms. The number of hydrogen-bond donors (Lipinski definition) is 1. The fourth-order valence-corrected chi connectivity index (χ4v) is 3.06. The van der Waals surface area contributed by atoms with Crippen LogP contribution in [0.5, 0.6) is 0 Å². The van der Waals surface area contributed by atoms with Gasteiger partial charge in [0.25, 0.3) is 0 Å². The molecule has 2 aromatic carbocycles. The molecule has 0 bridgehead atoms.